The third kappa shape index (κ3) is 3.21. The van der Waals surface area contributed by atoms with Crippen LogP contribution in [0.3, 0.4) is 0 Å². The summed E-state index contributed by atoms with van der Waals surface area (Å²) in [5.74, 6) is 1.91. The molecule has 0 aromatic heterocycles. The fraction of sp³-hybridized carbons (Fsp3) is 1.00. The smallest absolute Gasteiger partial charge is 0.0182 e. The lowest BCUT2D eigenvalue weighted by atomic mass is 9.72. The van der Waals surface area contributed by atoms with Crippen molar-refractivity contribution < 1.29 is 0 Å². The Kier molecular flexibility index (Phi) is 5.11. The van der Waals surface area contributed by atoms with Crippen LogP contribution in [-0.2, 0) is 0 Å². The van der Waals surface area contributed by atoms with Crippen molar-refractivity contribution in [2.75, 3.05) is 6.54 Å². The Labute approximate surface area is 96.0 Å². The third-order valence-electron chi connectivity index (χ3n) is 4.26. The first-order valence-electron chi connectivity index (χ1n) is 6.97. The Morgan fingerprint density at radius 2 is 1.67 bits per heavy atom. The molecular formula is C14H29N. The van der Waals surface area contributed by atoms with Gasteiger partial charge in [0.15, 0.2) is 0 Å². The van der Waals surface area contributed by atoms with Crippen LogP contribution in [0.15, 0.2) is 0 Å². The second-order valence-corrected chi connectivity index (χ2v) is 5.39. The lowest BCUT2D eigenvalue weighted by molar-refractivity contribution is 0.178. The summed E-state index contributed by atoms with van der Waals surface area (Å²) in [6.07, 6.45) is 8.66. The average Bonchev–Trinajstić information content (AvgIpc) is 2.70. The lowest BCUT2D eigenvalue weighted by Gasteiger charge is -2.39. The van der Waals surface area contributed by atoms with Crippen LogP contribution in [0.1, 0.15) is 66.2 Å². The van der Waals surface area contributed by atoms with Crippen molar-refractivity contribution in [2.45, 2.75) is 71.8 Å². The van der Waals surface area contributed by atoms with E-state index in [0.29, 0.717) is 5.54 Å². The summed E-state index contributed by atoms with van der Waals surface area (Å²) >= 11 is 0. The van der Waals surface area contributed by atoms with Gasteiger partial charge in [0.05, 0.1) is 0 Å². The Hall–Kier alpha value is -0.0400. The van der Waals surface area contributed by atoms with Gasteiger partial charge in [-0.25, -0.2) is 0 Å². The Bertz CT molecular complexity index is 158. The SMILES string of the molecule is CC.CC(C)C1CCC2(CCCN2)CC1. The summed E-state index contributed by atoms with van der Waals surface area (Å²) in [4.78, 5) is 0. The molecule has 1 aliphatic carbocycles. The zero-order valence-corrected chi connectivity index (χ0v) is 11.1. The molecule has 2 aliphatic rings. The third-order valence-corrected chi connectivity index (χ3v) is 4.26. The van der Waals surface area contributed by atoms with Crippen molar-refractivity contribution in [1.82, 2.24) is 5.32 Å². The minimum Gasteiger partial charge on any atom is -0.311 e. The van der Waals surface area contributed by atoms with Gasteiger partial charge in [0.25, 0.3) is 0 Å². The fourth-order valence-corrected chi connectivity index (χ4v) is 3.15. The molecule has 1 nitrogen and oxygen atoms in total. The predicted octanol–water partition coefficient (Wildman–Crippen LogP) is 3.98. The molecule has 1 N–H and O–H groups in total. The first-order chi connectivity index (χ1) is 7.22. The normalized spacial score (nSPS) is 35.4. The van der Waals surface area contributed by atoms with E-state index in [-0.39, 0.29) is 0 Å². The van der Waals surface area contributed by atoms with Gasteiger partial charge in [-0.3, -0.25) is 0 Å². The minimum atomic E-state index is 0.589. The first kappa shape index (κ1) is 13.0. The number of rotatable bonds is 1. The molecule has 1 heterocycles. The second-order valence-electron chi connectivity index (χ2n) is 5.39. The molecule has 0 radical (unpaired) electrons. The highest BCUT2D eigenvalue weighted by Crippen LogP contribution is 2.39. The molecule has 90 valence electrons. The Morgan fingerprint density at radius 3 is 2.07 bits per heavy atom. The minimum absolute atomic E-state index is 0.589. The van der Waals surface area contributed by atoms with Crippen molar-refractivity contribution in [3.05, 3.63) is 0 Å². The van der Waals surface area contributed by atoms with Crippen molar-refractivity contribution in [1.29, 1.82) is 0 Å². The van der Waals surface area contributed by atoms with Gasteiger partial charge in [0.1, 0.15) is 0 Å². The van der Waals surface area contributed by atoms with Crippen LogP contribution in [0, 0.1) is 11.8 Å². The van der Waals surface area contributed by atoms with E-state index < -0.39 is 0 Å². The van der Waals surface area contributed by atoms with Crippen LogP contribution >= 0.6 is 0 Å². The van der Waals surface area contributed by atoms with E-state index in [1.54, 1.807) is 0 Å². The van der Waals surface area contributed by atoms with E-state index in [1.807, 2.05) is 13.8 Å². The standard InChI is InChI=1S/C12H23N.C2H6/c1-10(2)11-4-7-12(8-5-11)6-3-9-13-12;1-2/h10-11,13H,3-9H2,1-2H3;1-2H3. The maximum absolute atomic E-state index is 3.73. The molecule has 1 saturated carbocycles. The van der Waals surface area contributed by atoms with Crippen molar-refractivity contribution >= 4 is 0 Å². The van der Waals surface area contributed by atoms with Crippen LogP contribution in [0.2, 0.25) is 0 Å². The number of hydrogen-bond acceptors (Lipinski definition) is 1. The number of hydrogen-bond donors (Lipinski definition) is 1. The van der Waals surface area contributed by atoms with Crippen LogP contribution in [0.4, 0.5) is 0 Å². The average molecular weight is 211 g/mol. The molecule has 0 aromatic rings. The van der Waals surface area contributed by atoms with Crippen molar-refractivity contribution in [3.8, 4) is 0 Å². The monoisotopic (exact) mass is 211 g/mol. The van der Waals surface area contributed by atoms with Crippen LogP contribution in [-0.4, -0.2) is 12.1 Å². The summed E-state index contributed by atoms with van der Waals surface area (Å²) < 4.78 is 0. The Morgan fingerprint density at radius 1 is 1.07 bits per heavy atom. The quantitative estimate of drug-likeness (QED) is 0.692. The van der Waals surface area contributed by atoms with Crippen LogP contribution in [0.5, 0.6) is 0 Å². The van der Waals surface area contributed by atoms with E-state index in [2.05, 4.69) is 19.2 Å². The molecule has 0 unspecified atom stereocenters. The highest BCUT2D eigenvalue weighted by atomic mass is 15.0. The molecule has 15 heavy (non-hydrogen) atoms. The lowest BCUT2D eigenvalue weighted by Crippen LogP contribution is -2.43. The van der Waals surface area contributed by atoms with E-state index >= 15 is 0 Å². The summed E-state index contributed by atoms with van der Waals surface area (Å²) in [6.45, 7) is 10.0. The number of nitrogens with one attached hydrogen (secondary N) is 1. The summed E-state index contributed by atoms with van der Waals surface area (Å²) in [6, 6.07) is 0. The zero-order valence-electron chi connectivity index (χ0n) is 11.1. The summed E-state index contributed by atoms with van der Waals surface area (Å²) in [5, 5.41) is 3.73. The van der Waals surface area contributed by atoms with E-state index in [4.69, 9.17) is 0 Å². The highest BCUT2D eigenvalue weighted by molar-refractivity contribution is 4.96. The van der Waals surface area contributed by atoms with Crippen LogP contribution < -0.4 is 5.32 Å². The molecule has 2 fully saturated rings. The van der Waals surface area contributed by atoms with Crippen LogP contribution in [0.25, 0.3) is 0 Å². The van der Waals surface area contributed by atoms with Gasteiger partial charge in [-0.1, -0.05) is 27.7 Å². The molecule has 1 aliphatic heterocycles. The molecular weight excluding hydrogens is 182 g/mol. The maximum Gasteiger partial charge on any atom is 0.0182 e. The molecule has 0 aromatic carbocycles. The van der Waals surface area contributed by atoms with Gasteiger partial charge in [-0.15, -0.1) is 0 Å². The molecule has 0 atom stereocenters. The topological polar surface area (TPSA) is 12.0 Å². The highest BCUT2D eigenvalue weighted by Gasteiger charge is 2.37. The fourth-order valence-electron chi connectivity index (χ4n) is 3.15. The molecule has 0 bridgehead atoms. The van der Waals surface area contributed by atoms with E-state index in [9.17, 15) is 0 Å². The van der Waals surface area contributed by atoms with Gasteiger partial charge in [0.2, 0.25) is 0 Å². The molecule has 2 rings (SSSR count). The van der Waals surface area contributed by atoms with Gasteiger partial charge >= 0.3 is 0 Å². The maximum atomic E-state index is 3.73. The van der Waals surface area contributed by atoms with E-state index in [1.165, 1.54) is 45.1 Å². The Balaban J connectivity index is 0.000000531. The summed E-state index contributed by atoms with van der Waals surface area (Å²) in [5.41, 5.74) is 0.589. The van der Waals surface area contributed by atoms with E-state index in [0.717, 1.165) is 11.8 Å². The van der Waals surface area contributed by atoms with Gasteiger partial charge in [-0.05, 0) is 56.9 Å². The second kappa shape index (κ2) is 5.89. The molecule has 0 amide bonds. The molecule has 1 spiro atoms. The molecule has 1 saturated heterocycles. The zero-order chi connectivity index (χ0) is 11.3. The summed E-state index contributed by atoms with van der Waals surface area (Å²) in [7, 11) is 0. The first-order valence-corrected chi connectivity index (χ1v) is 6.97. The largest absolute Gasteiger partial charge is 0.311 e. The van der Waals surface area contributed by atoms with Crippen molar-refractivity contribution in [3.63, 3.8) is 0 Å². The van der Waals surface area contributed by atoms with Gasteiger partial charge in [0, 0.05) is 5.54 Å². The molecule has 1 heteroatoms. The van der Waals surface area contributed by atoms with Crippen molar-refractivity contribution in [2.24, 2.45) is 11.8 Å². The predicted molar refractivity (Wildman–Crippen MR) is 68.1 cm³/mol. The van der Waals surface area contributed by atoms with Gasteiger partial charge in [-0.2, -0.15) is 0 Å². The van der Waals surface area contributed by atoms with Gasteiger partial charge < -0.3 is 5.32 Å².